The van der Waals surface area contributed by atoms with Crippen molar-refractivity contribution in [3.8, 4) is 0 Å². The van der Waals surface area contributed by atoms with Crippen LogP contribution in [0.2, 0.25) is 0 Å². The lowest BCUT2D eigenvalue weighted by Crippen LogP contribution is -2.26. The monoisotopic (exact) mass is 316 g/mol. The van der Waals surface area contributed by atoms with Gasteiger partial charge in [0.15, 0.2) is 23.1 Å². The molecule has 0 radical (unpaired) electrons. The number of carbonyl (C=O) groups is 4. The van der Waals surface area contributed by atoms with Gasteiger partial charge in [-0.3, -0.25) is 19.2 Å². The molecule has 1 aliphatic rings. The Kier molecular flexibility index (Phi) is 4.12. The van der Waals surface area contributed by atoms with Gasteiger partial charge in [-0.05, 0) is 12.2 Å². The van der Waals surface area contributed by atoms with Crippen molar-refractivity contribution in [1.29, 1.82) is 0 Å². The summed E-state index contributed by atoms with van der Waals surface area (Å²) in [5, 5.41) is 0. The molecule has 0 unspecified atom stereocenters. The highest BCUT2D eigenvalue weighted by Gasteiger charge is 2.33. The first-order valence-corrected chi connectivity index (χ1v) is 7.30. The standard InChI is InChI=1S/C20H12O4/c21-15-11-12-16(22)18(20(24)14-9-5-2-6-10-14)17(15)19(23)13-7-3-1-4-8-13/h1-12H. The van der Waals surface area contributed by atoms with Gasteiger partial charge in [-0.15, -0.1) is 0 Å². The van der Waals surface area contributed by atoms with Gasteiger partial charge in [-0.2, -0.15) is 0 Å². The van der Waals surface area contributed by atoms with Crippen molar-refractivity contribution in [2.75, 3.05) is 0 Å². The van der Waals surface area contributed by atoms with Gasteiger partial charge in [0.25, 0.3) is 0 Å². The van der Waals surface area contributed by atoms with Crippen LogP contribution in [0.25, 0.3) is 0 Å². The highest BCUT2D eigenvalue weighted by atomic mass is 16.2. The normalized spacial score (nSPS) is 14.0. The minimum absolute atomic E-state index is 0.252. The summed E-state index contributed by atoms with van der Waals surface area (Å²) in [5.41, 5.74) is -0.241. The molecule has 0 saturated carbocycles. The molecule has 0 bridgehead atoms. The molecule has 2 aromatic rings. The number of Topliss-reactive ketones (excluding diaryl/α,β-unsaturated/α-hetero) is 2. The molecule has 0 saturated heterocycles. The molecule has 0 atom stereocenters. The van der Waals surface area contributed by atoms with Crippen molar-refractivity contribution < 1.29 is 19.2 Å². The Balaban J connectivity index is 2.16. The molecule has 0 aliphatic heterocycles. The Labute approximate surface area is 138 Å². The molecule has 4 nitrogen and oxygen atoms in total. The van der Waals surface area contributed by atoms with Crippen LogP contribution in [0, 0.1) is 0 Å². The highest BCUT2D eigenvalue weighted by molar-refractivity contribution is 6.43. The van der Waals surface area contributed by atoms with Crippen LogP contribution < -0.4 is 0 Å². The Bertz CT molecular complexity index is 828. The molecule has 3 rings (SSSR count). The summed E-state index contributed by atoms with van der Waals surface area (Å²) >= 11 is 0. The summed E-state index contributed by atoms with van der Waals surface area (Å²) in [6, 6.07) is 16.2. The molecule has 24 heavy (non-hydrogen) atoms. The van der Waals surface area contributed by atoms with Gasteiger partial charge < -0.3 is 0 Å². The number of hydrogen-bond acceptors (Lipinski definition) is 4. The van der Waals surface area contributed by atoms with Gasteiger partial charge in [-0.25, -0.2) is 0 Å². The maximum absolute atomic E-state index is 12.7. The van der Waals surface area contributed by atoms with Gasteiger partial charge in [0.05, 0.1) is 11.1 Å². The first-order valence-electron chi connectivity index (χ1n) is 7.30. The van der Waals surface area contributed by atoms with Crippen molar-refractivity contribution in [3.05, 3.63) is 95.1 Å². The van der Waals surface area contributed by atoms with Crippen LogP contribution in [0.1, 0.15) is 20.7 Å². The number of benzene rings is 2. The minimum Gasteiger partial charge on any atom is -0.289 e. The minimum atomic E-state index is -0.636. The molecule has 0 amide bonds. The summed E-state index contributed by atoms with van der Waals surface area (Å²) < 4.78 is 0. The van der Waals surface area contributed by atoms with Crippen LogP contribution in [0.5, 0.6) is 0 Å². The zero-order chi connectivity index (χ0) is 17.1. The van der Waals surface area contributed by atoms with E-state index in [4.69, 9.17) is 0 Å². The van der Waals surface area contributed by atoms with Crippen LogP contribution >= 0.6 is 0 Å². The summed E-state index contributed by atoms with van der Waals surface area (Å²) in [6.45, 7) is 0. The van der Waals surface area contributed by atoms with Crippen molar-refractivity contribution in [2.45, 2.75) is 0 Å². The highest BCUT2D eigenvalue weighted by Crippen LogP contribution is 2.22. The fraction of sp³-hybridized carbons (Fsp3) is 0. The van der Waals surface area contributed by atoms with E-state index in [0.29, 0.717) is 0 Å². The molecule has 0 N–H and O–H groups in total. The Morgan fingerprint density at radius 3 is 1.21 bits per heavy atom. The van der Waals surface area contributed by atoms with Crippen molar-refractivity contribution in [3.63, 3.8) is 0 Å². The van der Waals surface area contributed by atoms with Crippen LogP contribution in [0.4, 0.5) is 0 Å². The molecule has 1 aliphatic carbocycles. The Morgan fingerprint density at radius 1 is 0.542 bits per heavy atom. The third-order valence-electron chi connectivity index (χ3n) is 3.65. The van der Waals surface area contributed by atoms with E-state index in [-0.39, 0.29) is 22.3 Å². The van der Waals surface area contributed by atoms with Gasteiger partial charge >= 0.3 is 0 Å². The maximum atomic E-state index is 12.7. The quantitative estimate of drug-likeness (QED) is 0.494. The third-order valence-corrected chi connectivity index (χ3v) is 3.65. The lowest BCUT2D eigenvalue weighted by atomic mass is 9.85. The van der Waals surface area contributed by atoms with Crippen molar-refractivity contribution in [2.24, 2.45) is 0 Å². The number of ketones is 4. The fourth-order valence-corrected chi connectivity index (χ4v) is 2.48. The molecular weight excluding hydrogens is 304 g/mol. The molecule has 0 aromatic heterocycles. The maximum Gasteiger partial charge on any atom is 0.197 e. The van der Waals surface area contributed by atoms with Gasteiger partial charge in [0, 0.05) is 11.1 Å². The van der Waals surface area contributed by atoms with Crippen LogP contribution in [-0.2, 0) is 9.59 Å². The van der Waals surface area contributed by atoms with Crippen LogP contribution in [0.15, 0.2) is 84.0 Å². The SMILES string of the molecule is O=C1C=CC(=O)C(C(=O)c2ccccc2)=C1C(=O)c1ccccc1. The molecule has 0 spiro atoms. The van der Waals surface area contributed by atoms with Crippen LogP contribution in [-0.4, -0.2) is 23.1 Å². The van der Waals surface area contributed by atoms with E-state index >= 15 is 0 Å². The lowest BCUT2D eigenvalue weighted by Gasteiger charge is -2.13. The topological polar surface area (TPSA) is 68.3 Å². The molecule has 116 valence electrons. The second kappa shape index (κ2) is 6.38. The fourth-order valence-electron chi connectivity index (χ4n) is 2.48. The average molecular weight is 316 g/mol. The smallest absolute Gasteiger partial charge is 0.197 e. The van der Waals surface area contributed by atoms with Crippen molar-refractivity contribution in [1.82, 2.24) is 0 Å². The van der Waals surface area contributed by atoms with E-state index in [2.05, 4.69) is 0 Å². The number of rotatable bonds is 4. The van der Waals surface area contributed by atoms with Crippen LogP contribution in [0.3, 0.4) is 0 Å². The molecule has 0 heterocycles. The van der Waals surface area contributed by atoms with Gasteiger partial charge in [-0.1, -0.05) is 60.7 Å². The van der Waals surface area contributed by atoms with E-state index in [1.54, 1.807) is 36.4 Å². The molecule has 4 heteroatoms. The summed E-state index contributed by atoms with van der Waals surface area (Å²) in [5.74, 6) is -2.53. The zero-order valence-corrected chi connectivity index (χ0v) is 12.6. The zero-order valence-electron chi connectivity index (χ0n) is 12.6. The molecule has 2 aromatic carbocycles. The van der Waals surface area contributed by atoms with Crippen molar-refractivity contribution >= 4 is 23.1 Å². The van der Waals surface area contributed by atoms with E-state index < -0.39 is 23.1 Å². The van der Waals surface area contributed by atoms with Gasteiger partial charge in [0.1, 0.15) is 0 Å². The number of hydrogen-bond donors (Lipinski definition) is 0. The predicted octanol–water partition coefficient (Wildman–Crippen LogP) is 2.76. The van der Waals surface area contributed by atoms with Gasteiger partial charge in [0.2, 0.25) is 0 Å². The summed E-state index contributed by atoms with van der Waals surface area (Å²) in [4.78, 5) is 49.8. The first kappa shape index (κ1) is 15.5. The second-order valence-electron chi connectivity index (χ2n) is 5.20. The Morgan fingerprint density at radius 2 is 0.875 bits per heavy atom. The summed E-state index contributed by atoms with van der Waals surface area (Å²) in [6.07, 6.45) is 2.06. The second-order valence-corrected chi connectivity index (χ2v) is 5.20. The van der Waals surface area contributed by atoms with E-state index in [0.717, 1.165) is 12.2 Å². The Hall–Kier alpha value is -3.40. The van der Waals surface area contributed by atoms with E-state index in [1.807, 2.05) is 0 Å². The van der Waals surface area contributed by atoms with E-state index in [1.165, 1.54) is 24.3 Å². The lowest BCUT2D eigenvalue weighted by molar-refractivity contribution is -0.114. The number of allylic oxidation sites excluding steroid dienone is 4. The number of carbonyl (C=O) groups excluding carboxylic acids is 4. The average Bonchev–Trinajstić information content (AvgIpc) is 2.63. The van der Waals surface area contributed by atoms with E-state index in [9.17, 15) is 19.2 Å². The largest absolute Gasteiger partial charge is 0.289 e. The summed E-state index contributed by atoms with van der Waals surface area (Å²) in [7, 11) is 0. The first-order chi connectivity index (χ1) is 11.6. The molecule has 0 fully saturated rings. The predicted molar refractivity (Wildman–Crippen MR) is 87.7 cm³/mol. The molecular formula is C20H12O4. The third kappa shape index (κ3) is 2.77.